The number of hydrogen-bond donors (Lipinski definition) is 2. The van der Waals surface area contributed by atoms with E-state index in [0.29, 0.717) is 22.9 Å². The lowest BCUT2D eigenvalue weighted by Gasteiger charge is -2.07. The van der Waals surface area contributed by atoms with E-state index in [0.717, 1.165) is 5.56 Å². The van der Waals surface area contributed by atoms with Gasteiger partial charge >= 0.3 is 16.9 Å². The van der Waals surface area contributed by atoms with E-state index in [1.165, 1.54) is 12.2 Å². The minimum Gasteiger partial charge on any atom is -0.489 e. The second-order valence-electron chi connectivity index (χ2n) is 5.71. The number of H-pyrrole nitrogens is 2. The van der Waals surface area contributed by atoms with Gasteiger partial charge in [0.1, 0.15) is 18.1 Å². The van der Waals surface area contributed by atoms with Gasteiger partial charge in [-0.15, -0.1) is 0 Å². The van der Waals surface area contributed by atoms with Gasteiger partial charge in [0.2, 0.25) is 0 Å². The van der Waals surface area contributed by atoms with Crippen LogP contribution >= 0.6 is 11.6 Å². The molecule has 142 valence electrons. The van der Waals surface area contributed by atoms with Crippen LogP contribution in [0.3, 0.4) is 0 Å². The molecule has 0 fully saturated rings. The molecule has 9 heteroatoms. The summed E-state index contributed by atoms with van der Waals surface area (Å²) in [5.74, 6) is 0.618. The SMILES string of the molecule is O=c1[nH]c(/C=C\c2ccc(OCc3ccccc3Cl)cc2)c([N+](=O)[O-])c(=O)[nH]1. The summed E-state index contributed by atoms with van der Waals surface area (Å²) in [7, 11) is 0. The number of nitrogens with one attached hydrogen (secondary N) is 2. The van der Waals surface area contributed by atoms with Crippen LogP contribution in [0, 0.1) is 10.1 Å². The molecule has 0 radical (unpaired) electrons. The van der Waals surface area contributed by atoms with Crippen LogP contribution in [0.5, 0.6) is 5.75 Å². The fourth-order valence-corrected chi connectivity index (χ4v) is 2.62. The number of aromatic nitrogens is 2. The number of nitrogens with zero attached hydrogens (tertiary/aromatic N) is 1. The van der Waals surface area contributed by atoms with Crippen molar-refractivity contribution in [2.75, 3.05) is 0 Å². The van der Waals surface area contributed by atoms with Crippen molar-refractivity contribution in [3.05, 3.63) is 101 Å². The maximum Gasteiger partial charge on any atom is 0.357 e. The number of hydrogen-bond acceptors (Lipinski definition) is 5. The number of ether oxygens (including phenoxy) is 1. The Hall–Kier alpha value is -3.65. The molecule has 0 saturated carbocycles. The van der Waals surface area contributed by atoms with Crippen molar-refractivity contribution < 1.29 is 9.66 Å². The van der Waals surface area contributed by atoms with Gasteiger partial charge in [-0.05, 0) is 29.8 Å². The largest absolute Gasteiger partial charge is 0.489 e. The Morgan fingerprint density at radius 1 is 1.04 bits per heavy atom. The Balaban J connectivity index is 1.74. The van der Waals surface area contributed by atoms with Crippen molar-refractivity contribution in [3.8, 4) is 5.75 Å². The van der Waals surface area contributed by atoms with Crippen LogP contribution in [0.25, 0.3) is 12.2 Å². The summed E-state index contributed by atoms with van der Waals surface area (Å²) < 4.78 is 5.68. The highest BCUT2D eigenvalue weighted by molar-refractivity contribution is 6.31. The summed E-state index contributed by atoms with van der Waals surface area (Å²) in [4.78, 5) is 37.2. The van der Waals surface area contributed by atoms with Crippen molar-refractivity contribution in [3.63, 3.8) is 0 Å². The average molecular weight is 400 g/mol. The highest BCUT2D eigenvalue weighted by Gasteiger charge is 2.18. The van der Waals surface area contributed by atoms with E-state index in [-0.39, 0.29) is 5.69 Å². The fourth-order valence-electron chi connectivity index (χ4n) is 2.43. The van der Waals surface area contributed by atoms with Crippen molar-refractivity contribution >= 4 is 29.4 Å². The maximum atomic E-state index is 11.6. The van der Waals surface area contributed by atoms with E-state index in [4.69, 9.17) is 16.3 Å². The monoisotopic (exact) mass is 399 g/mol. The van der Waals surface area contributed by atoms with Crippen molar-refractivity contribution in [2.24, 2.45) is 0 Å². The molecule has 0 spiro atoms. The third-order valence-electron chi connectivity index (χ3n) is 3.80. The highest BCUT2D eigenvalue weighted by atomic mass is 35.5. The molecule has 0 unspecified atom stereocenters. The molecular formula is C19H14ClN3O5. The van der Waals surface area contributed by atoms with Crippen LogP contribution in [-0.2, 0) is 6.61 Å². The Morgan fingerprint density at radius 2 is 1.75 bits per heavy atom. The number of nitro groups is 1. The van der Waals surface area contributed by atoms with Crippen LogP contribution < -0.4 is 16.0 Å². The minimum absolute atomic E-state index is 0.183. The number of benzene rings is 2. The van der Waals surface area contributed by atoms with Gasteiger partial charge < -0.3 is 9.72 Å². The quantitative estimate of drug-likeness (QED) is 0.486. The third kappa shape index (κ3) is 4.54. The topological polar surface area (TPSA) is 118 Å². The summed E-state index contributed by atoms with van der Waals surface area (Å²) >= 11 is 6.09. The molecule has 2 N–H and O–H groups in total. The summed E-state index contributed by atoms with van der Waals surface area (Å²) in [6.45, 7) is 0.315. The predicted molar refractivity (Wildman–Crippen MR) is 105 cm³/mol. The zero-order chi connectivity index (χ0) is 20.1. The molecule has 0 atom stereocenters. The van der Waals surface area contributed by atoms with Crippen molar-refractivity contribution in [1.29, 1.82) is 0 Å². The molecule has 0 bridgehead atoms. The van der Waals surface area contributed by atoms with Crippen molar-refractivity contribution in [2.45, 2.75) is 6.61 Å². The first-order valence-corrected chi connectivity index (χ1v) is 8.47. The lowest BCUT2D eigenvalue weighted by molar-refractivity contribution is -0.386. The summed E-state index contributed by atoms with van der Waals surface area (Å²) in [5.41, 5.74) is -1.23. The standard InChI is InChI=1S/C19H14ClN3O5/c20-15-4-2-1-3-13(15)11-28-14-8-5-12(6-9-14)7-10-16-17(23(26)27)18(24)22-19(25)21-16/h1-10H,11H2,(H2,21,22,24,25)/b10-7-. The van der Waals surface area contributed by atoms with E-state index < -0.39 is 21.9 Å². The molecule has 3 aromatic rings. The van der Waals surface area contributed by atoms with Crippen LogP contribution in [0.1, 0.15) is 16.8 Å². The summed E-state index contributed by atoms with van der Waals surface area (Å²) in [5, 5.41) is 11.6. The zero-order valence-corrected chi connectivity index (χ0v) is 15.1. The fraction of sp³-hybridized carbons (Fsp3) is 0.0526. The van der Waals surface area contributed by atoms with Crippen molar-refractivity contribution in [1.82, 2.24) is 9.97 Å². The second-order valence-corrected chi connectivity index (χ2v) is 6.12. The molecule has 1 heterocycles. The van der Waals surface area contributed by atoms with E-state index in [1.54, 1.807) is 30.3 Å². The lowest BCUT2D eigenvalue weighted by Crippen LogP contribution is -2.25. The molecule has 0 saturated heterocycles. The van der Waals surface area contributed by atoms with Gasteiger partial charge in [-0.2, -0.15) is 0 Å². The third-order valence-corrected chi connectivity index (χ3v) is 4.17. The molecule has 0 aliphatic heterocycles. The zero-order valence-electron chi connectivity index (χ0n) is 14.3. The van der Waals surface area contributed by atoms with Gasteiger partial charge in [-0.3, -0.25) is 19.9 Å². The normalized spacial score (nSPS) is 10.9. The Morgan fingerprint density at radius 3 is 2.43 bits per heavy atom. The van der Waals surface area contributed by atoms with Gasteiger partial charge in [0.25, 0.3) is 0 Å². The molecule has 0 aliphatic rings. The first-order valence-electron chi connectivity index (χ1n) is 8.09. The summed E-state index contributed by atoms with van der Waals surface area (Å²) in [6, 6.07) is 14.3. The molecule has 0 aliphatic carbocycles. The van der Waals surface area contributed by atoms with E-state index >= 15 is 0 Å². The number of halogens is 1. The van der Waals surface area contributed by atoms with Gasteiger partial charge in [0.05, 0.1) is 4.92 Å². The number of rotatable bonds is 6. The Kier molecular flexibility index (Phi) is 5.71. The van der Waals surface area contributed by atoms with E-state index in [9.17, 15) is 19.7 Å². The molecule has 1 aromatic heterocycles. The Bertz CT molecular complexity index is 1150. The molecular weight excluding hydrogens is 386 g/mol. The van der Waals surface area contributed by atoms with E-state index in [1.807, 2.05) is 23.2 Å². The maximum absolute atomic E-state index is 11.6. The molecule has 2 aromatic carbocycles. The van der Waals surface area contributed by atoms with Gasteiger partial charge in [0, 0.05) is 10.6 Å². The van der Waals surface area contributed by atoms with E-state index in [2.05, 4.69) is 4.98 Å². The minimum atomic E-state index is -1.06. The summed E-state index contributed by atoms with van der Waals surface area (Å²) in [6.07, 6.45) is 2.84. The Labute approximate surface area is 163 Å². The van der Waals surface area contributed by atoms with Crippen LogP contribution in [0.2, 0.25) is 5.02 Å². The first-order chi connectivity index (χ1) is 13.4. The first kappa shape index (κ1) is 19.1. The van der Waals surface area contributed by atoms with Gasteiger partial charge in [-0.25, -0.2) is 4.79 Å². The van der Waals surface area contributed by atoms with Crippen LogP contribution in [0.4, 0.5) is 5.69 Å². The molecule has 8 nitrogen and oxygen atoms in total. The second kappa shape index (κ2) is 8.36. The van der Waals surface area contributed by atoms with Gasteiger partial charge in [0.15, 0.2) is 0 Å². The molecule has 28 heavy (non-hydrogen) atoms. The van der Waals surface area contributed by atoms with Gasteiger partial charge in [-0.1, -0.05) is 48.0 Å². The molecule has 0 amide bonds. The highest BCUT2D eigenvalue weighted by Crippen LogP contribution is 2.20. The predicted octanol–water partition coefficient (Wildman–Crippen LogP) is 3.37. The average Bonchev–Trinajstić information content (AvgIpc) is 2.65. The van der Waals surface area contributed by atoms with Crippen LogP contribution in [-0.4, -0.2) is 14.9 Å². The van der Waals surface area contributed by atoms with Crippen LogP contribution in [0.15, 0.2) is 58.1 Å². The number of aromatic amines is 2. The lowest BCUT2D eigenvalue weighted by atomic mass is 10.2. The molecule has 3 rings (SSSR count). The smallest absolute Gasteiger partial charge is 0.357 e.